The van der Waals surface area contributed by atoms with Crippen molar-refractivity contribution in [1.29, 1.82) is 0 Å². The first kappa shape index (κ1) is 11.9. The molecule has 0 aliphatic rings. The quantitative estimate of drug-likeness (QED) is 0.575. The lowest BCUT2D eigenvalue weighted by Crippen LogP contribution is -2.25. The standard InChI is InChI=1S/C9H9N2O5/c1-9(2,16-11(14)15)7-3-5-8(6-4-7)10(12)13/h3-6H,1H2,2H3. The number of hydrogen-bond acceptors (Lipinski definition) is 5. The molecule has 1 radical (unpaired) electrons. The molecule has 0 amide bonds. The molecule has 0 fully saturated rings. The van der Waals surface area contributed by atoms with Crippen molar-refractivity contribution in [3.05, 3.63) is 57.0 Å². The molecule has 0 bridgehead atoms. The van der Waals surface area contributed by atoms with E-state index in [1.807, 2.05) is 0 Å². The van der Waals surface area contributed by atoms with E-state index in [2.05, 4.69) is 11.8 Å². The Morgan fingerprint density at radius 2 is 1.75 bits per heavy atom. The third-order valence-corrected chi connectivity index (χ3v) is 1.96. The lowest BCUT2D eigenvalue weighted by molar-refractivity contribution is -0.780. The zero-order valence-corrected chi connectivity index (χ0v) is 8.45. The summed E-state index contributed by atoms with van der Waals surface area (Å²) in [7, 11) is 0. The Morgan fingerprint density at radius 1 is 1.25 bits per heavy atom. The minimum Gasteiger partial charge on any atom is -0.303 e. The third-order valence-electron chi connectivity index (χ3n) is 1.96. The van der Waals surface area contributed by atoms with Crippen LogP contribution in [0, 0.1) is 27.2 Å². The SMILES string of the molecule is [CH2]C(C)(O[N+](=O)[O-])c1ccc([N+](=O)[O-])cc1. The van der Waals surface area contributed by atoms with E-state index in [0.717, 1.165) is 0 Å². The van der Waals surface area contributed by atoms with Crippen molar-refractivity contribution < 1.29 is 14.8 Å². The summed E-state index contributed by atoms with van der Waals surface area (Å²) in [5, 5.41) is 19.6. The Labute approximate surface area is 90.9 Å². The molecule has 16 heavy (non-hydrogen) atoms. The summed E-state index contributed by atoms with van der Waals surface area (Å²) in [4.78, 5) is 24.4. The van der Waals surface area contributed by atoms with Gasteiger partial charge in [-0.3, -0.25) is 10.1 Å². The van der Waals surface area contributed by atoms with Crippen LogP contribution in [0.15, 0.2) is 24.3 Å². The summed E-state index contributed by atoms with van der Waals surface area (Å²) in [6.07, 6.45) is 0. The second-order valence-electron chi connectivity index (χ2n) is 3.35. The minimum absolute atomic E-state index is 0.0966. The first-order chi connectivity index (χ1) is 7.33. The lowest BCUT2D eigenvalue weighted by Gasteiger charge is -2.21. The number of nitrogens with zero attached hydrogens (tertiary/aromatic N) is 2. The highest BCUT2D eigenvalue weighted by molar-refractivity contribution is 5.35. The van der Waals surface area contributed by atoms with Crippen molar-refractivity contribution in [2.45, 2.75) is 12.5 Å². The number of non-ortho nitro benzene ring substituents is 1. The summed E-state index contributed by atoms with van der Waals surface area (Å²) in [6, 6.07) is 5.22. The van der Waals surface area contributed by atoms with Gasteiger partial charge in [0.2, 0.25) is 0 Å². The monoisotopic (exact) mass is 225 g/mol. The minimum atomic E-state index is -1.38. The molecule has 0 saturated carbocycles. The molecule has 1 atom stereocenters. The maximum absolute atomic E-state index is 10.4. The van der Waals surface area contributed by atoms with Gasteiger partial charge in [-0.2, -0.15) is 0 Å². The summed E-state index contributed by atoms with van der Waals surface area (Å²) in [5.74, 6) is 0. The normalized spacial score (nSPS) is 10.9. The van der Waals surface area contributed by atoms with E-state index in [-0.39, 0.29) is 5.69 Å². The van der Waals surface area contributed by atoms with Crippen molar-refractivity contribution in [3.8, 4) is 0 Å². The van der Waals surface area contributed by atoms with Crippen LogP contribution in [-0.4, -0.2) is 10.0 Å². The van der Waals surface area contributed by atoms with Gasteiger partial charge in [-0.25, -0.2) is 0 Å². The Kier molecular flexibility index (Phi) is 3.07. The second-order valence-corrected chi connectivity index (χ2v) is 3.35. The Bertz CT molecular complexity index is 412. The van der Waals surface area contributed by atoms with Gasteiger partial charge < -0.3 is 4.84 Å². The molecule has 1 rings (SSSR count). The Hall–Kier alpha value is -2.18. The van der Waals surface area contributed by atoms with Crippen molar-refractivity contribution in [1.82, 2.24) is 0 Å². The lowest BCUT2D eigenvalue weighted by atomic mass is 9.98. The van der Waals surface area contributed by atoms with Crippen LogP contribution in [0.1, 0.15) is 12.5 Å². The van der Waals surface area contributed by atoms with Gasteiger partial charge in [-0.05, 0) is 31.5 Å². The molecule has 85 valence electrons. The fourth-order valence-electron chi connectivity index (χ4n) is 1.15. The topological polar surface area (TPSA) is 95.5 Å². The summed E-state index contributed by atoms with van der Waals surface area (Å²) in [5.41, 5.74) is -1.09. The predicted molar refractivity (Wildman–Crippen MR) is 53.9 cm³/mol. The Morgan fingerprint density at radius 3 is 2.12 bits per heavy atom. The van der Waals surface area contributed by atoms with Crippen LogP contribution in [0.2, 0.25) is 0 Å². The average molecular weight is 225 g/mol. The Balaban J connectivity index is 2.96. The molecule has 0 spiro atoms. The maximum Gasteiger partial charge on any atom is 0.295 e. The van der Waals surface area contributed by atoms with Gasteiger partial charge in [0.05, 0.1) is 4.92 Å². The van der Waals surface area contributed by atoms with E-state index in [1.165, 1.54) is 31.2 Å². The molecule has 1 aromatic rings. The zero-order chi connectivity index (χ0) is 12.3. The second kappa shape index (κ2) is 4.13. The van der Waals surface area contributed by atoms with Crippen LogP contribution in [0.3, 0.4) is 0 Å². The van der Waals surface area contributed by atoms with E-state index in [0.29, 0.717) is 5.56 Å². The fourth-order valence-corrected chi connectivity index (χ4v) is 1.15. The number of benzene rings is 1. The van der Waals surface area contributed by atoms with Crippen molar-refractivity contribution in [2.24, 2.45) is 0 Å². The molecule has 7 nitrogen and oxygen atoms in total. The van der Waals surface area contributed by atoms with Crippen LogP contribution < -0.4 is 0 Å². The van der Waals surface area contributed by atoms with Crippen LogP contribution >= 0.6 is 0 Å². The molecule has 0 aliphatic carbocycles. The van der Waals surface area contributed by atoms with E-state index in [1.54, 1.807) is 0 Å². The molecule has 7 heteroatoms. The van der Waals surface area contributed by atoms with Crippen molar-refractivity contribution in [2.75, 3.05) is 0 Å². The predicted octanol–water partition coefficient (Wildman–Crippen LogP) is 1.85. The molecule has 0 saturated heterocycles. The fraction of sp³-hybridized carbons (Fsp3) is 0.222. The van der Waals surface area contributed by atoms with Gasteiger partial charge in [-0.15, -0.1) is 10.1 Å². The first-order valence-corrected chi connectivity index (χ1v) is 4.27. The largest absolute Gasteiger partial charge is 0.303 e. The van der Waals surface area contributed by atoms with E-state index < -0.39 is 15.6 Å². The molecular weight excluding hydrogens is 216 g/mol. The highest BCUT2D eigenvalue weighted by atomic mass is 17.0. The summed E-state index contributed by atoms with van der Waals surface area (Å²) < 4.78 is 0. The molecular formula is C9H9N2O5. The highest BCUT2D eigenvalue weighted by Gasteiger charge is 2.25. The molecule has 0 N–H and O–H groups in total. The van der Waals surface area contributed by atoms with E-state index in [9.17, 15) is 20.2 Å². The highest BCUT2D eigenvalue weighted by Crippen LogP contribution is 2.25. The van der Waals surface area contributed by atoms with Crippen LogP contribution in [0.5, 0.6) is 0 Å². The van der Waals surface area contributed by atoms with Gasteiger partial charge in [0.1, 0.15) is 5.60 Å². The van der Waals surface area contributed by atoms with E-state index >= 15 is 0 Å². The number of nitro groups is 1. The van der Waals surface area contributed by atoms with Gasteiger partial charge in [0.15, 0.2) is 0 Å². The van der Waals surface area contributed by atoms with Crippen LogP contribution in [-0.2, 0) is 10.4 Å². The summed E-state index contributed by atoms with van der Waals surface area (Å²) >= 11 is 0. The molecule has 1 aromatic carbocycles. The first-order valence-electron chi connectivity index (χ1n) is 4.27. The van der Waals surface area contributed by atoms with Crippen molar-refractivity contribution >= 4 is 5.69 Å². The molecule has 0 aliphatic heterocycles. The van der Waals surface area contributed by atoms with Gasteiger partial charge in [0.25, 0.3) is 10.8 Å². The third kappa shape index (κ3) is 2.66. The van der Waals surface area contributed by atoms with Crippen molar-refractivity contribution in [3.63, 3.8) is 0 Å². The van der Waals surface area contributed by atoms with Crippen LogP contribution in [0.25, 0.3) is 0 Å². The van der Waals surface area contributed by atoms with Gasteiger partial charge in [-0.1, -0.05) is 0 Å². The van der Waals surface area contributed by atoms with Gasteiger partial charge in [0, 0.05) is 12.1 Å². The van der Waals surface area contributed by atoms with Gasteiger partial charge >= 0.3 is 0 Å². The maximum atomic E-state index is 10.4. The molecule has 1 unspecified atom stereocenters. The number of nitro benzene ring substituents is 1. The average Bonchev–Trinajstić information content (AvgIpc) is 2.16. The number of rotatable bonds is 4. The molecule has 0 heterocycles. The smallest absolute Gasteiger partial charge is 0.295 e. The summed E-state index contributed by atoms with van der Waals surface area (Å²) in [6.45, 7) is 4.92. The van der Waals surface area contributed by atoms with Crippen LogP contribution in [0.4, 0.5) is 5.69 Å². The molecule has 0 aromatic heterocycles. The zero-order valence-electron chi connectivity index (χ0n) is 8.45. The van der Waals surface area contributed by atoms with E-state index in [4.69, 9.17) is 0 Å². The number of hydrogen-bond donors (Lipinski definition) is 0.